The summed E-state index contributed by atoms with van der Waals surface area (Å²) in [6.45, 7) is 2.27. The maximum absolute atomic E-state index is 15.0. The van der Waals surface area contributed by atoms with Crippen LogP contribution in [0.15, 0.2) is 66.9 Å². The number of methoxy groups -OCH3 is 1. The van der Waals surface area contributed by atoms with Crippen molar-refractivity contribution in [1.29, 1.82) is 5.26 Å². The van der Waals surface area contributed by atoms with Gasteiger partial charge in [0, 0.05) is 50.4 Å². The first kappa shape index (κ1) is 29.9. The number of amides is 2. The minimum atomic E-state index is -1.23. The second kappa shape index (κ2) is 13.6. The number of carbonyl (C=O) groups is 3. The van der Waals surface area contributed by atoms with Crippen LogP contribution in [0.5, 0.6) is 5.75 Å². The van der Waals surface area contributed by atoms with E-state index in [1.54, 1.807) is 48.4 Å². The summed E-state index contributed by atoms with van der Waals surface area (Å²) in [5.74, 6) is -0.0788. The zero-order valence-corrected chi connectivity index (χ0v) is 24.0. The van der Waals surface area contributed by atoms with Gasteiger partial charge in [0.1, 0.15) is 17.6 Å². The number of ketones is 1. The molecule has 43 heavy (non-hydrogen) atoms. The first-order valence-electron chi connectivity index (χ1n) is 14.4. The third-order valence-corrected chi connectivity index (χ3v) is 8.20. The van der Waals surface area contributed by atoms with Gasteiger partial charge in [0.15, 0.2) is 5.78 Å². The Bertz CT molecular complexity index is 1480. The van der Waals surface area contributed by atoms with Gasteiger partial charge in [0.2, 0.25) is 0 Å². The van der Waals surface area contributed by atoms with E-state index in [0.29, 0.717) is 62.3 Å². The zero-order valence-electron chi connectivity index (χ0n) is 24.0. The van der Waals surface area contributed by atoms with Crippen LogP contribution in [0.2, 0.25) is 0 Å². The summed E-state index contributed by atoms with van der Waals surface area (Å²) in [6.07, 6.45) is 1.70. The number of rotatable bonds is 8. The monoisotopic (exact) mass is 583 g/mol. The predicted molar refractivity (Wildman–Crippen MR) is 157 cm³/mol. The molecule has 3 heterocycles. The molecule has 0 bridgehead atoms. The lowest BCUT2D eigenvalue weighted by molar-refractivity contribution is 0.0645. The third-order valence-electron chi connectivity index (χ3n) is 8.20. The van der Waals surface area contributed by atoms with Gasteiger partial charge in [-0.2, -0.15) is 5.26 Å². The number of aromatic nitrogens is 1. The highest BCUT2D eigenvalue weighted by Gasteiger charge is 2.31. The third kappa shape index (κ3) is 7.24. The molecule has 2 aromatic carbocycles. The molecule has 2 amide bonds. The highest BCUT2D eigenvalue weighted by atomic mass is 19.1. The standard InChI is InChI=1S/C33H34FN5O4/c1-43-27-9-6-24(7-10-27)31(40)25-12-16-39(17-13-25)33(42)30-11-8-26(19-36-30)32(41)37-29-14-15-38(21-28(29)34)20-23-4-2-22(18-35)3-5-23/h2-11,19,25,28-29H,12-17,20-21H2,1H3,(H,37,41)/t28?,29-/m0/s1. The Morgan fingerprint density at radius 1 is 0.977 bits per heavy atom. The maximum Gasteiger partial charge on any atom is 0.272 e. The Morgan fingerprint density at radius 3 is 2.28 bits per heavy atom. The average molecular weight is 584 g/mol. The lowest BCUT2D eigenvalue weighted by atomic mass is 9.88. The summed E-state index contributed by atoms with van der Waals surface area (Å²) in [5.41, 5.74) is 2.69. The summed E-state index contributed by atoms with van der Waals surface area (Å²) in [7, 11) is 1.58. The van der Waals surface area contributed by atoms with Crippen LogP contribution in [-0.4, -0.2) is 77.9 Å². The van der Waals surface area contributed by atoms with E-state index in [9.17, 15) is 18.8 Å². The molecular formula is C33H34FN5O4. The number of hydrogen-bond donors (Lipinski definition) is 1. The lowest BCUT2D eigenvalue weighted by Gasteiger charge is -2.35. The molecule has 9 nitrogen and oxygen atoms in total. The molecule has 5 rings (SSSR count). The minimum Gasteiger partial charge on any atom is -0.497 e. The molecule has 2 atom stereocenters. The summed E-state index contributed by atoms with van der Waals surface area (Å²) < 4.78 is 20.1. The topological polar surface area (TPSA) is 116 Å². The molecule has 1 N–H and O–H groups in total. The minimum absolute atomic E-state index is 0.0655. The Balaban J connectivity index is 1.09. The second-order valence-electron chi connectivity index (χ2n) is 11.0. The van der Waals surface area contributed by atoms with Crippen LogP contribution in [0.4, 0.5) is 4.39 Å². The molecule has 2 saturated heterocycles. The molecule has 0 aliphatic carbocycles. The first-order valence-corrected chi connectivity index (χ1v) is 14.4. The molecular weight excluding hydrogens is 549 g/mol. The predicted octanol–water partition coefficient (Wildman–Crippen LogP) is 4.04. The first-order chi connectivity index (χ1) is 20.8. The van der Waals surface area contributed by atoms with E-state index in [0.717, 1.165) is 5.56 Å². The van der Waals surface area contributed by atoms with Crippen LogP contribution in [0, 0.1) is 17.2 Å². The van der Waals surface area contributed by atoms with E-state index in [4.69, 9.17) is 10.00 Å². The fourth-order valence-corrected chi connectivity index (χ4v) is 5.62. The van der Waals surface area contributed by atoms with Gasteiger partial charge in [-0.1, -0.05) is 12.1 Å². The number of Topliss-reactive ketones (excluding diaryl/α,β-unsaturated/α-hetero) is 1. The molecule has 2 fully saturated rings. The van der Waals surface area contributed by atoms with Gasteiger partial charge in [0.05, 0.1) is 30.3 Å². The SMILES string of the molecule is COc1ccc(C(=O)C2CCN(C(=O)c3ccc(C(=O)N[C@H]4CCN(Cc5ccc(C#N)cc5)CC4F)cn3)CC2)cc1. The number of nitrogens with zero attached hydrogens (tertiary/aromatic N) is 4. The van der Waals surface area contributed by atoms with E-state index < -0.39 is 18.1 Å². The summed E-state index contributed by atoms with van der Waals surface area (Å²) in [4.78, 5) is 46.7. The largest absolute Gasteiger partial charge is 0.497 e. The average Bonchev–Trinajstić information content (AvgIpc) is 3.06. The summed E-state index contributed by atoms with van der Waals surface area (Å²) in [6, 6.07) is 18.8. The van der Waals surface area contributed by atoms with Crippen LogP contribution in [0.1, 0.15) is 61.6 Å². The van der Waals surface area contributed by atoms with E-state index in [-0.39, 0.29) is 35.4 Å². The smallest absolute Gasteiger partial charge is 0.272 e. The molecule has 2 aliphatic rings. The number of nitriles is 1. The van der Waals surface area contributed by atoms with Crippen molar-refractivity contribution in [3.05, 3.63) is 94.8 Å². The number of halogens is 1. The van der Waals surface area contributed by atoms with Crippen LogP contribution in [-0.2, 0) is 6.54 Å². The molecule has 1 unspecified atom stereocenters. The van der Waals surface area contributed by atoms with Crippen molar-refractivity contribution in [3.63, 3.8) is 0 Å². The van der Waals surface area contributed by atoms with E-state index in [1.807, 2.05) is 17.0 Å². The highest BCUT2D eigenvalue weighted by Crippen LogP contribution is 2.24. The molecule has 10 heteroatoms. The van der Waals surface area contributed by atoms with Gasteiger partial charge in [-0.25, -0.2) is 4.39 Å². The molecule has 2 aliphatic heterocycles. The van der Waals surface area contributed by atoms with Crippen molar-refractivity contribution in [1.82, 2.24) is 20.1 Å². The van der Waals surface area contributed by atoms with Crippen LogP contribution < -0.4 is 10.1 Å². The quantitative estimate of drug-likeness (QED) is 0.398. The summed E-state index contributed by atoms with van der Waals surface area (Å²) >= 11 is 0. The van der Waals surface area contributed by atoms with Gasteiger partial charge in [-0.3, -0.25) is 24.3 Å². The number of piperidine rings is 2. The van der Waals surface area contributed by atoms with Gasteiger partial charge in [0.25, 0.3) is 11.8 Å². The van der Waals surface area contributed by atoms with Gasteiger partial charge in [-0.05, 0) is 73.4 Å². The number of benzene rings is 2. The van der Waals surface area contributed by atoms with E-state index in [2.05, 4.69) is 16.4 Å². The van der Waals surface area contributed by atoms with Crippen LogP contribution >= 0.6 is 0 Å². The number of hydrogen-bond acceptors (Lipinski definition) is 7. The molecule has 1 aromatic heterocycles. The summed E-state index contributed by atoms with van der Waals surface area (Å²) in [5, 5.41) is 11.7. The Labute approximate surface area is 250 Å². The molecule has 222 valence electrons. The van der Waals surface area contributed by atoms with Crippen molar-refractivity contribution >= 4 is 17.6 Å². The number of likely N-dealkylation sites (tertiary alicyclic amines) is 2. The fourth-order valence-electron chi connectivity index (χ4n) is 5.62. The fraction of sp³-hybridized carbons (Fsp3) is 0.364. The van der Waals surface area contributed by atoms with Crippen LogP contribution in [0.3, 0.4) is 0 Å². The zero-order chi connectivity index (χ0) is 30.3. The number of carbonyl (C=O) groups excluding carboxylic acids is 3. The number of pyridine rings is 1. The second-order valence-corrected chi connectivity index (χ2v) is 11.0. The Kier molecular flexibility index (Phi) is 9.42. The van der Waals surface area contributed by atoms with E-state index >= 15 is 0 Å². The van der Waals surface area contributed by atoms with Crippen molar-refractivity contribution in [2.75, 3.05) is 33.3 Å². The van der Waals surface area contributed by atoms with Crippen molar-refractivity contribution in [3.8, 4) is 11.8 Å². The highest BCUT2D eigenvalue weighted by molar-refractivity contribution is 5.99. The lowest BCUT2D eigenvalue weighted by Crippen LogP contribution is -2.52. The van der Waals surface area contributed by atoms with Gasteiger partial charge < -0.3 is 15.0 Å². The molecule has 0 radical (unpaired) electrons. The van der Waals surface area contributed by atoms with Crippen molar-refractivity contribution in [2.45, 2.75) is 38.0 Å². The van der Waals surface area contributed by atoms with E-state index in [1.165, 1.54) is 18.3 Å². The van der Waals surface area contributed by atoms with Gasteiger partial charge >= 0.3 is 0 Å². The number of alkyl halides is 1. The number of ether oxygens (including phenoxy) is 1. The molecule has 0 saturated carbocycles. The Hall–Kier alpha value is -4.62. The normalized spacial score (nSPS) is 19.3. The molecule has 0 spiro atoms. The Morgan fingerprint density at radius 2 is 1.67 bits per heavy atom. The van der Waals surface area contributed by atoms with Gasteiger partial charge in [-0.15, -0.1) is 0 Å². The van der Waals surface area contributed by atoms with Crippen LogP contribution in [0.25, 0.3) is 0 Å². The number of nitrogens with one attached hydrogen (secondary N) is 1. The van der Waals surface area contributed by atoms with Crippen molar-refractivity contribution in [2.24, 2.45) is 5.92 Å². The van der Waals surface area contributed by atoms with Crippen molar-refractivity contribution < 1.29 is 23.5 Å². The molecule has 3 aromatic rings. The maximum atomic E-state index is 15.0.